The van der Waals surface area contributed by atoms with Gasteiger partial charge in [-0.05, 0) is 31.0 Å². The summed E-state index contributed by atoms with van der Waals surface area (Å²) in [5.41, 5.74) is 1.03. The highest BCUT2D eigenvalue weighted by molar-refractivity contribution is 6.31. The number of rotatable bonds is 3. The zero-order valence-corrected chi connectivity index (χ0v) is 12.6. The van der Waals surface area contributed by atoms with Gasteiger partial charge in [-0.2, -0.15) is 4.98 Å². The van der Waals surface area contributed by atoms with Crippen molar-refractivity contribution in [3.63, 3.8) is 0 Å². The quantitative estimate of drug-likeness (QED) is 0.945. The van der Waals surface area contributed by atoms with Crippen molar-refractivity contribution in [2.75, 3.05) is 13.1 Å². The van der Waals surface area contributed by atoms with E-state index in [4.69, 9.17) is 16.1 Å². The number of nitrogens with zero attached hydrogens (tertiary/aromatic N) is 2. The Morgan fingerprint density at radius 2 is 2.20 bits per heavy atom. The fourth-order valence-electron chi connectivity index (χ4n) is 2.38. The van der Waals surface area contributed by atoms with Gasteiger partial charge in [0.2, 0.25) is 5.89 Å². The van der Waals surface area contributed by atoms with Crippen LogP contribution in [-0.4, -0.2) is 23.2 Å². The third-order valence-electron chi connectivity index (χ3n) is 3.44. The molecule has 2 aromatic rings. The molecule has 0 saturated carbocycles. The Kier molecular flexibility index (Phi) is 5.40. The minimum absolute atomic E-state index is 0. The van der Waals surface area contributed by atoms with Gasteiger partial charge < -0.3 is 9.84 Å². The fraction of sp³-hybridized carbons (Fsp3) is 0.429. The van der Waals surface area contributed by atoms with E-state index in [1.165, 1.54) is 0 Å². The highest BCUT2D eigenvalue weighted by Crippen LogP contribution is 2.23. The Labute approximate surface area is 129 Å². The maximum Gasteiger partial charge on any atom is 0.231 e. The standard InChI is InChI=1S/C14H16ClN3O.ClH/c15-12-6-2-1-4-10(12)8-13-17-14(19-18-13)11-5-3-7-16-9-11;/h1-2,4,6,11,16H,3,5,7-9H2;1H. The molecule has 3 rings (SSSR count). The summed E-state index contributed by atoms with van der Waals surface area (Å²) < 4.78 is 5.37. The van der Waals surface area contributed by atoms with E-state index in [2.05, 4.69) is 15.5 Å². The molecule has 1 aliphatic rings. The predicted octanol–water partition coefficient (Wildman–Crippen LogP) is 3.20. The normalized spacial score (nSPS) is 18.6. The molecule has 2 heterocycles. The zero-order chi connectivity index (χ0) is 13.1. The molecule has 1 fully saturated rings. The zero-order valence-electron chi connectivity index (χ0n) is 11.0. The Morgan fingerprint density at radius 3 is 2.95 bits per heavy atom. The SMILES string of the molecule is Cl.Clc1ccccc1Cc1noc(C2CCCNC2)n1. The van der Waals surface area contributed by atoms with E-state index in [0.717, 1.165) is 42.4 Å². The van der Waals surface area contributed by atoms with Gasteiger partial charge in [0.1, 0.15) is 0 Å². The Morgan fingerprint density at radius 1 is 1.35 bits per heavy atom. The van der Waals surface area contributed by atoms with Crippen LogP contribution in [-0.2, 0) is 6.42 Å². The van der Waals surface area contributed by atoms with Crippen LogP contribution < -0.4 is 5.32 Å². The van der Waals surface area contributed by atoms with Gasteiger partial charge in [-0.1, -0.05) is 35.0 Å². The van der Waals surface area contributed by atoms with Crippen molar-refractivity contribution in [3.8, 4) is 0 Å². The third kappa shape index (κ3) is 3.51. The molecule has 1 atom stereocenters. The van der Waals surface area contributed by atoms with Gasteiger partial charge in [0.25, 0.3) is 0 Å². The fourth-order valence-corrected chi connectivity index (χ4v) is 2.58. The van der Waals surface area contributed by atoms with Crippen molar-refractivity contribution < 1.29 is 4.52 Å². The smallest absolute Gasteiger partial charge is 0.231 e. The number of halogens is 2. The number of hydrogen-bond donors (Lipinski definition) is 1. The summed E-state index contributed by atoms with van der Waals surface area (Å²) in [4.78, 5) is 4.49. The van der Waals surface area contributed by atoms with Crippen molar-refractivity contribution in [1.82, 2.24) is 15.5 Å². The molecule has 1 unspecified atom stereocenters. The first-order valence-corrected chi connectivity index (χ1v) is 6.97. The lowest BCUT2D eigenvalue weighted by Gasteiger charge is -2.18. The second-order valence-corrected chi connectivity index (χ2v) is 5.27. The average molecular weight is 314 g/mol. The lowest BCUT2D eigenvalue weighted by molar-refractivity contribution is 0.320. The molecule has 1 aliphatic heterocycles. The van der Waals surface area contributed by atoms with E-state index in [9.17, 15) is 0 Å². The first-order valence-electron chi connectivity index (χ1n) is 6.59. The lowest BCUT2D eigenvalue weighted by atomic mass is 10.00. The van der Waals surface area contributed by atoms with Crippen LogP contribution in [0.1, 0.15) is 36.0 Å². The molecule has 1 saturated heterocycles. The highest BCUT2D eigenvalue weighted by atomic mass is 35.5. The maximum absolute atomic E-state index is 6.13. The summed E-state index contributed by atoms with van der Waals surface area (Å²) in [5.74, 6) is 1.80. The minimum Gasteiger partial charge on any atom is -0.339 e. The van der Waals surface area contributed by atoms with E-state index >= 15 is 0 Å². The first-order chi connectivity index (χ1) is 9.33. The first kappa shape index (κ1) is 15.3. The summed E-state index contributed by atoms with van der Waals surface area (Å²) in [7, 11) is 0. The summed E-state index contributed by atoms with van der Waals surface area (Å²) in [6, 6.07) is 7.75. The van der Waals surface area contributed by atoms with E-state index in [-0.39, 0.29) is 12.4 Å². The van der Waals surface area contributed by atoms with Crippen LogP contribution in [0.4, 0.5) is 0 Å². The molecule has 0 bridgehead atoms. The summed E-state index contributed by atoms with van der Waals surface area (Å²) in [6.07, 6.45) is 2.89. The van der Waals surface area contributed by atoms with Crippen LogP contribution in [0.15, 0.2) is 28.8 Å². The van der Waals surface area contributed by atoms with Gasteiger partial charge in [-0.3, -0.25) is 0 Å². The second-order valence-electron chi connectivity index (χ2n) is 4.86. The van der Waals surface area contributed by atoms with Crippen LogP contribution >= 0.6 is 24.0 Å². The highest BCUT2D eigenvalue weighted by Gasteiger charge is 2.21. The summed E-state index contributed by atoms with van der Waals surface area (Å²) in [6.45, 7) is 2.00. The minimum atomic E-state index is 0. The number of piperidine rings is 1. The Bertz CT molecular complexity index is 553. The van der Waals surface area contributed by atoms with Gasteiger partial charge in [0.05, 0.1) is 5.92 Å². The van der Waals surface area contributed by atoms with Crippen molar-refractivity contribution in [2.24, 2.45) is 0 Å². The number of benzene rings is 1. The molecule has 0 spiro atoms. The third-order valence-corrected chi connectivity index (χ3v) is 3.81. The van der Waals surface area contributed by atoms with Gasteiger partial charge >= 0.3 is 0 Å². The van der Waals surface area contributed by atoms with Gasteiger partial charge in [0.15, 0.2) is 5.82 Å². The van der Waals surface area contributed by atoms with Crippen LogP contribution in [0.3, 0.4) is 0 Å². The Balaban J connectivity index is 0.00000147. The molecule has 0 radical (unpaired) electrons. The van der Waals surface area contributed by atoms with Crippen LogP contribution in [0, 0.1) is 0 Å². The molecular formula is C14H17Cl2N3O. The van der Waals surface area contributed by atoms with E-state index in [1.54, 1.807) is 0 Å². The summed E-state index contributed by atoms with van der Waals surface area (Å²) >= 11 is 6.13. The van der Waals surface area contributed by atoms with Crippen LogP contribution in [0.2, 0.25) is 5.02 Å². The van der Waals surface area contributed by atoms with Gasteiger partial charge in [-0.25, -0.2) is 0 Å². The Hall–Kier alpha value is -1.10. The van der Waals surface area contributed by atoms with E-state index in [1.807, 2.05) is 24.3 Å². The molecule has 1 aromatic carbocycles. The number of aromatic nitrogens is 2. The van der Waals surface area contributed by atoms with Crippen LogP contribution in [0.5, 0.6) is 0 Å². The van der Waals surface area contributed by atoms with Gasteiger partial charge in [0, 0.05) is 18.0 Å². The molecule has 1 N–H and O–H groups in total. The number of hydrogen-bond acceptors (Lipinski definition) is 4. The molecule has 20 heavy (non-hydrogen) atoms. The molecule has 0 amide bonds. The van der Waals surface area contributed by atoms with Crippen molar-refractivity contribution in [3.05, 3.63) is 46.6 Å². The van der Waals surface area contributed by atoms with Crippen molar-refractivity contribution in [1.29, 1.82) is 0 Å². The molecule has 0 aliphatic carbocycles. The maximum atomic E-state index is 6.13. The monoisotopic (exact) mass is 313 g/mol. The van der Waals surface area contributed by atoms with Crippen molar-refractivity contribution >= 4 is 24.0 Å². The van der Waals surface area contributed by atoms with Crippen molar-refractivity contribution in [2.45, 2.75) is 25.2 Å². The van der Waals surface area contributed by atoms with E-state index in [0.29, 0.717) is 18.2 Å². The largest absolute Gasteiger partial charge is 0.339 e. The molecule has 4 nitrogen and oxygen atoms in total. The van der Waals surface area contributed by atoms with E-state index < -0.39 is 0 Å². The molecular weight excluding hydrogens is 297 g/mol. The molecule has 6 heteroatoms. The summed E-state index contributed by atoms with van der Waals surface area (Å²) in [5, 5.41) is 8.15. The second kappa shape index (κ2) is 7.07. The molecule has 1 aromatic heterocycles. The van der Waals surface area contributed by atoms with Crippen LogP contribution in [0.25, 0.3) is 0 Å². The topological polar surface area (TPSA) is 51.0 Å². The predicted molar refractivity (Wildman–Crippen MR) is 80.6 cm³/mol. The number of nitrogens with one attached hydrogen (secondary N) is 1. The van der Waals surface area contributed by atoms with Gasteiger partial charge in [-0.15, -0.1) is 12.4 Å². The molecule has 108 valence electrons. The lowest BCUT2D eigenvalue weighted by Crippen LogP contribution is -2.28. The average Bonchev–Trinajstić information content (AvgIpc) is 2.91.